The molecule has 2 aromatic heterocycles. The lowest BCUT2D eigenvalue weighted by Gasteiger charge is -2.10. The second-order valence-electron chi connectivity index (χ2n) is 5.74. The summed E-state index contributed by atoms with van der Waals surface area (Å²) in [6, 6.07) is 17.9. The molecule has 0 saturated heterocycles. The molecule has 124 valence electrons. The maximum absolute atomic E-state index is 6.00. The van der Waals surface area contributed by atoms with Crippen molar-refractivity contribution in [2.24, 2.45) is 0 Å². The molecule has 4 rings (SSSR count). The SMILES string of the molecule is Cc1cccc(-n2c(COc3cccc4cccnc34)n[nH]c2=S)c1. The van der Waals surface area contributed by atoms with E-state index in [1.54, 1.807) is 6.20 Å². The van der Waals surface area contributed by atoms with Gasteiger partial charge in [-0.15, -0.1) is 0 Å². The Labute approximate surface area is 149 Å². The summed E-state index contributed by atoms with van der Waals surface area (Å²) in [6.07, 6.45) is 1.76. The van der Waals surface area contributed by atoms with Crippen LogP contribution in [0.15, 0.2) is 60.8 Å². The van der Waals surface area contributed by atoms with Crippen LogP contribution in [0.5, 0.6) is 5.75 Å². The van der Waals surface area contributed by atoms with Crippen LogP contribution in [0, 0.1) is 11.7 Å². The Morgan fingerprint density at radius 3 is 2.84 bits per heavy atom. The van der Waals surface area contributed by atoms with Crippen LogP contribution in [-0.4, -0.2) is 19.7 Å². The van der Waals surface area contributed by atoms with Gasteiger partial charge in [-0.3, -0.25) is 14.6 Å². The molecule has 4 aromatic rings. The molecule has 0 unspecified atom stereocenters. The van der Waals surface area contributed by atoms with Crippen LogP contribution in [0.4, 0.5) is 0 Å². The minimum absolute atomic E-state index is 0.288. The zero-order valence-electron chi connectivity index (χ0n) is 13.6. The van der Waals surface area contributed by atoms with E-state index in [9.17, 15) is 0 Å². The van der Waals surface area contributed by atoms with E-state index in [0.717, 1.165) is 27.9 Å². The van der Waals surface area contributed by atoms with E-state index in [0.29, 0.717) is 10.6 Å². The van der Waals surface area contributed by atoms with E-state index in [4.69, 9.17) is 17.0 Å². The number of pyridine rings is 1. The van der Waals surface area contributed by atoms with Crippen molar-refractivity contribution in [3.05, 3.63) is 77.0 Å². The fourth-order valence-corrected chi connectivity index (χ4v) is 3.05. The highest BCUT2D eigenvalue weighted by molar-refractivity contribution is 7.71. The van der Waals surface area contributed by atoms with E-state index in [1.807, 2.05) is 60.0 Å². The molecule has 0 aliphatic carbocycles. The zero-order valence-corrected chi connectivity index (χ0v) is 14.5. The van der Waals surface area contributed by atoms with Crippen LogP contribution < -0.4 is 4.74 Å². The molecule has 6 heteroatoms. The van der Waals surface area contributed by atoms with Crippen LogP contribution >= 0.6 is 12.2 Å². The smallest absolute Gasteiger partial charge is 0.199 e. The summed E-state index contributed by atoms with van der Waals surface area (Å²) in [5.41, 5.74) is 2.96. The lowest BCUT2D eigenvalue weighted by Crippen LogP contribution is -2.06. The number of hydrogen-bond acceptors (Lipinski definition) is 4. The van der Waals surface area contributed by atoms with E-state index < -0.39 is 0 Å². The Morgan fingerprint density at radius 1 is 1.12 bits per heavy atom. The molecule has 0 bridgehead atoms. The summed E-state index contributed by atoms with van der Waals surface area (Å²) in [6.45, 7) is 2.34. The lowest BCUT2D eigenvalue weighted by molar-refractivity contribution is 0.296. The molecular formula is C19H16N4OS. The highest BCUT2D eigenvalue weighted by atomic mass is 32.1. The molecule has 0 aliphatic heterocycles. The minimum Gasteiger partial charge on any atom is -0.483 e. The lowest BCUT2D eigenvalue weighted by atomic mass is 10.2. The fraction of sp³-hybridized carbons (Fsp3) is 0.105. The average molecular weight is 348 g/mol. The average Bonchev–Trinajstić information content (AvgIpc) is 3.00. The van der Waals surface area contributed by atoms with Crippen molar-refractivity contribution in [2.45, 2.75) is 13.5 Å². The number of fused-ring (bicyclic) bond motifs is 1. The van der Waals surface area contributed by atoms with Crippen molar-refractivity contribution in [3.63, 3.8) is 0 Å². The first-order valence-electron chi connectivity index (χ1n) is 7.92. The van der Waals surface area contributed by atoms with Gasteiger partial charge in [-0.1, -0.05) is 30.3 Å². The van der Waals surface area contributed by atoms with Gasteiger partial charge in [0.1, 0.15) is 17.9 Å². The van der Waals surface area contributed by atoms with Gasteiger partial charge >= 0.3 is 0 Å². The fourth-order valence-electron chi connectivity index (χ4n) is 2.79. The predicted octanol–water partition coefficient (Wildman–Crippen LogP) is 4.37. The molecule has 0 spiro atoms. The first-order valence-corrected chi connectivity index (χ1v) is 8.33. The van der Waals surface area contributed by atoms with Crippen LogP contribution in [0.2, 0.25) is 0 Å². The maximum atomic E-state index is 6.00. The third-order valence-corrected chi connectivity index (χ3v) is 4.23. The van der Waals surface area contributed by atoms with Crippen molar-refractivity contribution < 1.29 is 4.74 Å². The number of nitrogens with one attached hydrogen (secondary N) is 1. The molecule has 0 amide bonds. The van der Waals surface area contributed by atoms with E-state index >= 15 is 0 Å². The third-order valence-electron chi connectivity index (χ3n) is 3.95. The number of aryl methyl sites for hydroxylation is 1. The number of ether oxygens (including phenoxy) is 1. The van der Waals surface area contributed by atoms with E-state index in [2.05, 4.69) is 21.2 Å². The summed E-state index contributed by atoms with van der Waals surface area (Å²) >= 11 is 5.38. The summed E-state index contributed by atoms with van der Waals surface area (Å²) in [7, 11) is 0. The van der Waals surface area contributed by atoms with Gasteiger partial charge in [-0.05, 0) is 49.0 Å². The Bertz CT molecular complexity index is 1090. The summed E-state index contributed by atoms with van der Waals surface area (Å²) < 4.78 is 8.43. The molecule has 1 N–H and O–H groups in total. The number of rotatable bonds is 4. The minimum atomic E-state index is 0.288. The molecule has 25 heavy (non-hydrogen) atoms. The van der Waals surface area contributed by atoms with Crippen LogP contribution in [-0.2, 0) is 6.61 Å². The zero-order chi connectivity index (χ0) is 17.2. The normalized spacial score (nSPS) is 10.9. The quantitative estimate of drug-likeness (QED) is 0.557. The molecule has 2 aromatic carbocycles. The van der Waals surface area contributed by atoms with Gasteiger partial charge in [-0.25, -0.2) is 0 Å². The largest absolute Gasteiger partial charge is 0.483 e. The molecule has 0 saturated carbocycles. The van der Waals surface area contributed by atoms with Crippen molar-refractivity contribution >= 4 is 23.1 Å². The number of hydrogen-bond donors (Lipinski definition) is 1. The van der Waals surface area contributed by atoms with Crippen LogP contribution in [0.25, 0.3) is 16.6 Å². The van der Waals surface area contributed by atoms with Gasteiger partial charge in [0.2, 0.25) is 0 Å². The highest BCUT2D eigenvalue weighted by Crippen LogP contribution is 2.24. The number of aromatic amines is 1. The molecule has 0 aliphatic rings. The van der Waals surface area contributed by atoms with Gasteiger partial charge in [-0.2, -0.15) is 5.10 Å². The van der Waals surface area contributed by atoms with Crippen molar-refractivity contribution in [1.82, 2.24) is 19.7 Å². The molecule has 5 nitrogen and oxygen atoms in total. The Morgan fingerprint density at radius 2 is 1.96 bits per heavy atom. The van der Waals surface area contributed by atoms with Crippen LogP contribution in [0.3, 0.4) is 0 Å². The molecular weight excluding hydrogens is 332 g/mol. The summed E-state index contributed by atoms with van der Waals surface area (Å²) in [5, 5.41) is 8.21. The van der Waals surface area contributed by atoms with E-state index in [-0.39, 0.29) is 6.61 Å². The van der Waals surface area contributed by atoms with Gasteiger partial charge < -0.3 is 4.74 Å². The van der Waals surface area contributed by atoms with Crippen molar-refractivity contribution in [1.29, 1.82) is 0 Å². The number of para-hydroxylation sites is 1. The number of aromatic nitrogens is 4. The summed E-state index contributed by atoms with van der Waals surface area (Å²) in [4.78, 5) is 4.41. The second kappa shape index (κ2) is 6.49. The monoisotopic (exact) mass is 348 g/mol. The second-order valence-corrected chi connectivity index (χ2v) is 6.13. The Balaban J connectivity index is 1.67. The Kier molecular flexibility index (Phi) is 4.03. The van der Waals surface area contributed by atoms with Gasteiger partial charge in [0.15, 0.2) is 10.6 Å². The van der Waals surface area contributed by atoms with E-state index in [1.165, 1.54) is 0 Å². The molecule has 0 fully saturated rings. The standard InChI is InChI=1S/C19H16N4OS/c1-13-5-2-8-15(11-13)23-17(21-22-19(23)25)12-24-16-9-3-6-14-7-4-10-20-18(14)16/h2-11H,12H2,1H3,(H,22,25). The summed E-state index contributed by atoms with van der Waals surface area (Å²) in [5.74, 6) is 1.44. The van der Waals surface area contributed by atoms with Gasteiger partial charge in [0.25, 0.3) is 0 Å². The van der Waals surface area contributed by atoms with Gasteiger partial charge in [0, 0.05) is 11.6 Å². The highest BCUT2D eigenvalue weighted by Gasteiger charge is 2.11. The van der Waals surface area contributed by atoms with Crippen LogP contribution in [0.1, 0.15) is 11.4 Å². The first kappa shape index (κ1) is 15.5. The maximum Gasteiger partial charge on any atom is 0.199 e. The van der Waals surface area contributed by atoms with Crippen molar-refractivity contribution in [2.75, 3.05) is 0 Å². The number of H-pyrrole nitrogens is 1. The molecule has 0 atom stereocenters. The molecule has 0 radical (unpaired) electrons. The first-order chi connectivity index (χ1) is 12.2. The van der Waals surface area contributed by atoms with Crippen molar-refractivity contribution in [3.8, 4) is 11.4 Å². The predicted molar refractivity (Wildman–Crippen MR) is 99.6 cm³/mol. The number of benzene rings is 2. The Hall–Kier alpha value is -2.99. The third kappa shape index (κ3) is 3.04. The van der Waals surface area contributed by atoms with Gasteiger partial charge in [0.05, 0.1) is 5.69 Å². The topological polar surface area (TPSA) is 55.7 Å². The number of nitrogens with zero attached hydrogens (tertiary/aromatic N) is 3. The molecule has 2 heterocycles.